The Kier molecular flexibility index (Phi) is 7.16. The van der Waals surface area contributed by atoms with E-state index in [0.29, 0.717) is 37.8 Å². The number of amides is 1. The number of aryl methyl sites for hydroxylation is 1. The number of hydrogen-bond acceptors (Lipinski definition) is 8. The van der Waals surface area contributed by atoms with Gasteiger partial charge in [-0.3, -0.25) is 14.2 Å². The first-order valence-electron chi connectivity index (χ1n) is 11.1. The number of thiophene rings is 1. The molecule has 2 aromatic heterocycles. The van der Waals surface area contributed by atoms with Gasteiger partial charge in [0.2, 0.25) is 5.91 Å². The molecule has 3 aromatic rings. The van der Waals surface area contributed by atoms with Crippen LogP contribution in [0.1, 0.15) is 47.3 Å². The maximum Gasteiger partial charge on any atom is 0.348 e. The number of rotatable bonds is 7. The summed E-state index contributed by atoms with van der Waals surface area (Å²) >= 11 is 1.14. The molecule has 0 unspecified atom stereocenters. The molecule has 10 heteroatoms. The minimum absolute atomic E-state index is 0.0761. The molecule has 0 radical (unpaired) electrons. The van der Waals surface area contributed by atoms with Crippen LogP contribution in [-0.2, 0) is 16.1 Å². The number of carbonyl (C=O) groups is 2. The largest absolute Gasteiger partial charge is 0.497 e. The summed E-state index contributed by atoms with van der Waals surface area (Å²) in [7, 11) is 3.02. The van der Waals surface area contributed by atoms with Gasteiger partial charge < -0.3 is 19.5 Å². The Bertz CT molecular complexity index is 1280. The number of hydrogen-bond donors (Lipinski definition) is 1. The van der Waals surface area contributed by atoms with Crippen molar-refractivity contribution in [1.29, 1.82) is 0 Å². The highest BCUT2D eigenvalue weighted by Crippen LogP contribution is 2.30. The maximum absolute atomic E-state index is 13.1. The average molecular weight is 486 g/mol. The number of anilines is 1. The molecular weight excluding hydrogens is 458 g/mol. The molecule has 2 heterocycles. The molecule has 0 bridgehead atoms. The van der Waals surface area contributed by atoms with Gasteiger partial charge in [0.1, 0.15) is 33.9 Å². The van der Waals surface area contributed by atoms with Gasteiger partial charge in [-0.15, -0.1) is 11.3 Å². The number of esters is 1. The monoisotopic (exact) mass is 485 g/mol. The Labute approximate surface area is 200 Å². The second-order valence-electron chi connectivity index (χ2n) is 8.19. The fraction of sp³-hybridized carbons (Fsp3) is 0.417. The third kappa shape index (κ3) is 4.91. The summed E-state index contributed by atoms with van der Waals surface area (Å²) in [5.41, 5.74) is 0.569. The predicted octanol–water partition coefficient (Wildman–Crippen LogP) is 3.91. The Morgan fingerprint density at radius 3 is 2.65 bits per heavy atom. The van der Waals surface area contributed by atoms with Crippen molar-refractivity contribution in [1.82, 2.24) is 9.55 Å². The van der Waals surface area contributed by atoms with E-state index in [4.69, 9.17) is 14.2 Å². The van der Waals surface area contributed by atoms with Crippen LogP contribution in [0.2, 0.25) is 0 Å². The third-order valence-corrected chi connectivity index (χ3v) is 7.10. The molecule has 1 aromatic carbocycles. The van der Waals surface area contributed by atoms with E-state index in [2.05, 4.69) is 10.3 Å². The number of benzene rings is 1. The molecule has 1 fully saturated rings. The van der Waals surface area contributed by atoms with Crippen molar-refractivity contribution in [2.24, 2.45) is 0 Å². The van der Waals surface area contributed by atoms with E-state index < -0.39 is 11.9 Å². The van der Waals surface area contributed by atoms with Gasteiger partial charge in [-0.1, -0.05) is 6.42 Å². The summed E-state index contributed by atoms with van der Waals surface area (Å²) in [6.07, 6.45) is 6.25. The lowest BCUT2D eigenvalue weighted by molar-refractivity contribution is -0.116. The van der Waals surface area contributed by atoms with Gasteiger partial charge in [0.15, 0.2) is 0 Å². The number of ether oxygens (including phenoxy) is 3. The number of aromatic nitrogens is 2. The van der Waals surface area contributed by atoms with Crippen LogP contribution < -0.4 is 20.3 Å². The molecule has 1 aliphatic carbocycles. The topological polar surface area (TPSA) is 109 Å². The molecule has 4 rings (SSSR count). The zero-order valence-electron chi connectivity index (χ0n) is 19.4. The molecular formula is C24H27N3O6S. The smallest absolute Gasteiger partial charge is 0.348 e. The predicted molar refractivity (Wildman–Crippen MR) is 129 cm³/mol. The molecule has 0 spiro atoms. The van der Waals surface area contributed by atoms with Gasteiger partial charge in [-0.2, -0.15) is 0 Å². The first kappa shape index (κ1) is 23.7. The van der Waals surface area contributed by atoms with E-state index in [1.807, 2.05) is 0 Å². The fourth-order valence-corrected chi connectivity index (χ4v) is 5.13. The molecule has 0 atom stereocenters. The van der Waals surface area contributed by atoms with E-state index in [0.717, 1.165) is 43.4 Å². The first-order valence-corrected chi connectivity index (χ1v) is 11.9. The zero-order valence-corrected chi connectivity index (χ0v) is 20.2. The van der Waals surface area contributed by atoms with E-state index in [1.54, 1.807) is 25.1 Å². The van der Waals surface area contributed by atoms with Crippen molar-refractivity contribution in [3.63, 3.8) is 0 Å². The van der Waals surface area contributed by atoms with Crippen LogP contribution in [0, 0.1) is 6.92 Å². The zero-order chi connectivity index (χ0) is 24.2. The number of nitrogens with zero attached hydrogens (tertiary/aromatic N) is 2. The number of methoxy groups -OCH3 is 2. The van der Waals surface area contributed by atoms with E-state index in [-0.39, 0.29) is 18.2 Å². The highest BCUT2D eigenvalue weighted by Gasteiger charge is 2.24. The molecule has 1 saturated carbocycles. The average Bonchev–Trinajstić information content (AvgIpc) is 3.18. The van der Waals surface area contributed by atoms with Gasteiger partial charge in [0.25, 0.3) is 5.56 Å². The molecule has 180 valence electrons. The quantitative estimate of drug-likeness (QED) is 0.505. The van der Waals surface area contributed by atoms with Gasteiger partial charge in [0, 0.05) is 6.07 Å². The van der Waals surface area contributed by atoms with Crippen molar-refractivity contribution in [2.45, 2.75) is 51.7 Å². The van der Waals surface area contributed by atoms with Crippen LogP contribution >= 0.6 is 11.3 Å². The molecule has 1 aliphatic rings. The lowest BCUT2D eigenvalue weighted by Crippen LogP contribution is -2.28. The van der Waals surface area contributed by atoms with Crippen LogP contribution in [0.3, 0.4) is 0 Å². The number of nitrogens with one attached hydrogen (secondary N) is 1. The Morgan fingerprint density at radius 2 is 1.94 bits per heavy atom. The van der Waals surface area contributed by atoms with Gasteiger partial charge in [0.05, 0.1) is 31.6 Å². The highest BCUT2D eigenvalue weighted by molar-refractivity contribution is 7.20. The molecule has 0 saturated heterocycles. The number of fused-ring (bicyclic) bond motifs is 1. The van der Waals surface area contributed by atoms with Crippen molar-refractivity contribution >= 4 is 39.1 Å². The lowest BCUT2D eigenvalue weighted by Gasteiger charge is -2.21. The summed E-state index contributed by atoms with van der Waals surface area (Å²) in [6, 6.07) is 5.03. The van der Waals surface area contributed by atoms with Crippen molar-refractivity contribution in [2.75, 3.05) is 19.5 Å². The highest BCUT2D eigenvalue weighted by atomic mass is 32.1. The maximum atomic E-state index is 13.1. The summed E-state index contributed by atoms with van der Waals surface area (Å²) in [5.74, 6) is 0.170. The van der Waals surface area contributed by atoms with Crippen molar-refractivity contribution in [3.05, 3.63) is 45.3 Å². The molecule has 34 heavy (non-hydrogen) atoms. The van der Waals surface area contributed by atoms with Crippen LogP contribution in [0.4, 0.5) is 5.69 Å². The number of carbonyl (C=O) groups excluding carboxylic acids is 2. The SMILES string of the molecule is COc1ccc(OC)c(NC(=O)Cn2cnc3sc(C(=O)OC4CCCCC4)c(C)c3c2=O)c1. The van der Waals surface area contributed by atoms with Gasteiger partial charge in [-0.05, 0) is 50.3 Å². The van der Waals surface area contributed by atoms with Crippen LogP contribution in [0.5, 0.6) is 11.5 Å². The Hall–Kier alpha value is -3.40. The second kappa shape index (κ2) is 10.3. The standard InChI is InChI=1S/C24H27N3O6S/c1-14-20-22(34-21(14)24(30)33-15-7-5-4-6-8-15)25-13-27(23(20)29)12-19(28)26-17-11-16(31-2)9-10-18(17)32-3/h9-11,13,15H,4-8,12H2,1-3H3,(H,26,28). The van der Waals surface area contributed by atoms with Crippen molar-refractivity contribution in [3.8, 4) is 11.5 Å². The molecule has 0 aliphatic heterocycles. The van der Waals surface area contributed by atoms with Crippen LogP contribution in [0.25, 0.3) is 10.2 Å². The molecule has 1 N–H and O–H groups in total. The first-order chi connectivity index (χ1) is 16.4. The minimum atomic E-state index is -0.431. The van der Waals surface area contributed by atoms with Gasteiger partial charge >= 0.3 is 5.97 Å². The Balaban J connectivity index is 1.54. The Morgan fingerprint density at radius 1 is 1.18 bits per heavy atom. The summed E-state index contributed by atoms with van der Waals surface area (Å²) in [6.45, 7) is 1.46. The van der Waals surface area contributed by atoms with Crippen LogP contribution in [-0.4, -0.2) is 41.8 Å². The molecule has 9 nitrogen and oxygen atoms in total. The fourth-order valence-electron chi connectivity index (χ4n) is 4.11. The summed E-state index contributed by atoms with van der Waals surface area (Å²) in [5, 5.41) is 3.07. The van der Waals surface area contributed by atoms with E-state index >= 15 is 0 Å². The summed E-state index contributed by atoms with van der Waals surface area (Å²) in [4.78, 5) is 43.7. The summed E-state index contributed by atoms with van der Waals surface area (Å²) < 4.78 is 17.4. The molecule has 1 amide bonds. The normalized spacial score (nSPS) is 14.1. The second-order valence-corrected chi connectivity index (χ2v) is 9.19. The van der Waals surface area contributed by atoms with Crippen LogP contribution in [0.15, 0.2) is 29.3 Å². The third-order valence-electron chi connectivity index (χ3n) is 5.92. The van der Waals surface area contributed by atoms with E-state index in [1.165, 1.54) is 25.1 Å². The van der Waals surface area contributed by atoms with E-state index in [9.17, 15) is 14.4 Å². The van der Waals surface area contributed by atoms with Gasteiger partial charge in [-0.25, -0.2) is 9.78 Å². The van der Waals surface area contributed by atoms with Crippen molar-refractivity contribution < 1.29 is 23.8 Å². The minimum Gasteiger partial charge on any atom is -0.497 e. The lowest BCUT2D eigenvalue weighted by atomic mass is 9.98.